The van der Waals surface area contributed by atoms with Gasteiger partial charge in [-0.05, 0) is 40.9 Å². The zero-order valence-electron chi connectivity index (χ0n) is 10.00. The average molecular weight is 295 g/mol. The van der Waals surface area contributed by atoms with E-state index in [2.05, 4.69) is 15.9 Å². The monoisotopic (exact) mass is 294 g/mol. The molecule has 3 heteroatoms. The van der Waals surface area contributed by atoms with Crippen LogP contribution in [0.4, 0.5) is 0 Å². The summed E-state index contributed by atoms with van der Waals surface area (Å²) in [6.45, 7) is 4.06. The summed E-state index contributed by atoms with van der Waals surface area (Å²) in [4.78, 5) is 12.2. The lowest BCUT2D eigenvalue weighted by Crippen LogP contribution is -2.11. The lowest BCUT2D eigenvalue weighted by atomic mass is 9.96. The Hall–Kier alpha value is -1.09. The molecule has 17 heavy (non-hydrogen) atoms. The first kappa shape index (κ1) is 12.4. The number of carbonyl (C=O) groups excluding carboxylic acids is 1. The minimum absolute atomic E-state index is 0.0642. The Bertz CT molecular complexity index is 538. The van der Waals surface area contributed by atoms with Crippen LogP contribution in [0, 0.1) is 5.92 Å². The molecule has 0 aliphatic carbocycles. The molecule has 0 aliphatic heterocycles. The predicted molar refractivity (Wildman–Crippen MR) is 72.3 cm³/mol. The number of Topliss-reactive ketones (excluding diaryl/α,β-unsaturated/α-hetero) is 1. The van der Waals surface area contributed by atoms with Crippen LogP contribution in [0.25, 0.3) is 11.0 Å². The van der Waals surface area contributed by atoms with Crippen molar-refractivity contribution in [2.75, 3.05) is 0 Å². The van der Waals surface area contributed by atoms with Crippen molar-refractivity contribution < 1.29 is 9.21 Å². The second kappa shape index (κ2) is 5.05. The molecule has 0 spiro atoms. The Kier molecular flexibility index (Phi) is 3.67. The van der Waals surface area contributed by atoms with Gasteiger partial charge in [0, 0.05) is 11.3 Å². The van der Waals surface area contributed by atoms with Crippen LogP contribution < -0.4 is 0 Å². The number of benzene rings is 1. The van der Waals surface area contributed by atoms with Crippen molar-refractivity contribution in [3.05, 3.63) is 34.5 Å². The number of carbonyl (C=O) groups is 1. The summed E-state index contributed by atoms with van der Waals surface area (Å²) in [6.07, 6.45) is 1.71. The van der Waals surface area contributed by atoms with Gasteiger partial charge >= 0.3 is 0 Å². The fourth-order valence-corrected chi connectivity index (χ4v) is 2.47. The van der Waals surface area contributed by atoms with Gasteiger partial charge in [0.25, 0.3) is 0 Å². The quantitative estimate of drug-likeness (QED) is 0.757. The molecule has 90 valence electrons. The third-order valence-corrected chi connectivity index (χ3v) is 3.72. The molecule has 0 radical (unpaired) electrons. The van der Waals surface area contributed by atoms with E-state index in [1.54, 1.807) is 0 Å². The van der Waals surface area contributed by atoms with Gasteiger partial charge in [-0.2, -0.15) is 0 Å². The third-order valence-electron chi connectivity index (χ3n) is 3.10. The topological polar surface area (TPSA) is 30.2 Å². The molecule has 0 saturated carbocycles. The maximum absolute atomic E-state index is 12.2. The van der Waals surface area contributed by atoms with Crippen LogP contribution in [0.1, 0.15) is 37.2 Å². The highest BCUT2D eigenvalue weighted by molar-refractivity contribution is 9.10. The van der Waals surface area contributed by atoms with Gasteiger partial charge in [-0.15, -0.1) is 0 Å². The van der Waals surface area contributed by atoms with Gasteiger partial charge in [-0.1, -0.05) is 26.0 Å². The van der Waals surface area contributed by atoms with E-state index < -0.39 is 0 Å². The Morgan fingerprint density at radius 3 is 2.65 bits per heavy atom. The maximum Gasteiger partial charge on any atom is 0.201 e. The van der Waals surface area contributed by atoms with Crippen LogP contribution in [0.3, 0.4) is 0 Å². The predicted octanol–water partition coefficient (Wildman–Crippen LogP) is 4.81. The summed E-state index contributed by atoms with van der Waals surface area (Å²) in [5.74, 6) is 0.646. The molecule has 0 amide bonds. The Labute approximate surface area is 109 Å². The molecule has 0 bridgehead atoms. The van der Waals surface area contributed by atoms with E-state index in [-0.39, 0.29) is 11.7 Å². The summed E-state index contributed by atoms with van der Waals surface area (Å²) in [7, 11) is 0. The van der Waals surface area contributed by atoms with Crippen molar-refractivity contribution in [2.24, 2.45) is 5.92 Å². The van der Waals surface area contributed by atoms with Crippen molar-refractivity contribution >= 4 is 32.7 Å². The Balaban J connectivity index is 2.43. The van der Waals surface area contributed by atoms with Gasteiger partial charge in [-0.25, -0.2) is 0 Å². The standard InChI is InChI=1S/C14H15BrO2/c1-3-9(4-2)13(16)12-8-10-6-5-7-11(15)14(10)17-12/h5-9H,3-4H2,1-2H3. The molecule has 0 unspecified atom stereocenters. The van der Waals surface area contributed by atoms with Crippen LogP contribution in [0.5, 0.6) is 0 Å². The maximum atomic E-state index is 12.2. The fraction of sp³-hybridized carbons (Fsp3) is 0.357. The number of para-hydroxylation sites is 1. The minimum Gasteiger partial charge on any atom is -0.452 e. The van der Waals surface area contributed by atoms with Crippen molar-refractivity contribution in [2.45, 2.75) is 26.7 Å². The van der Waals surface area contributed by atoms with E-state index in [1.807, 2.05) is 38.1 Å². The minimum atomic E-state index is 0.0642. The van der Waals surface area contributed by atoms with Gasteiger partial charge in [0.05, 0.1) is 4.47 Å². The first-order chi connectivity index (χ1) is 8.17. The Morgan fingerprint density at radius 2 is 2.06 bits per heavy atom. The van der Waals surface area contributed by atoms with E-state index in [0.29, 0.717) is 5.76 Å². The number of ketones is 1. The second-order valence-corrected chi connectivity index (χ2v) is 5.00. The normalized spacial score (nSPS) is 11.3. The number of fused-ring (bicyclic) bond motifs is 1. The fourth-order valence-electron chi connectivity index (χ4n) is 2.01. The molecule has 2 rings (SSSR count). The van der Waals surface area contributed by atoms with Crippen molar-refractivity contribution in [1.82, 2.24) is 0 Å². The molecule has 1 heterocycles. The highest BCUT2D eigenvalue weighted by Gasteiger charge is 2.20. The first-order valence-electron chi connectivity index (χ1n) is 5.89. The zero-order chi connectivity index (χ0) is 12.4. The summed E-state index contributed by atoms with van der Waals surface area (Å²) in [5.41, 5.74) is 0.752. The molecule has 2 nitrogen and oxygen atoms in total. The van der Waals surface area contributed by atoms with E-state index in [9.17, 15) is 4.79 Å². The van der Waals surface area contributed by atoms with E-state index >= 15 is 0 Å². The highest BCUT2D eigenvalue weighted by atomic mass is 79.9. The van der Waals surface area contributed by atoms with Gasteiger partial charge in [0.15, 0.2) is 5.76 Å². The number of halogens is 1. The van der Waals surface area contributed by atoms with Crippen LogP contribution in [-0.4, -0.2) is 5.78 Å². The molecule has 0 fully saturated rings. The van der Waals surface area contributed by atoms with Crippen molar-refractivity contribution in [1.29, 1.82) is 0 Å². The first-order valence-corrected chi connectivity index (χ1v) is 6.69. The lowest BCUT2D eigenvalue weighted by molar-refractivity contribution is 0.0887. The van der Waals surface area contributed by atoms with Crippen molar-refractivity contribution in [3.63, 3.8) is 0 Å². The van der Waals surface area contributed by atoms with E-state index in [4.69, 9.17) is 4.42 Å². The summed E-state index contributed by atoms with van der Waals surface area (Å²) in [6, 6.07) is 7.64. The number of furan rings is 1. The molecule has 0 aliphatic rings. The number of hydrogen-bond acceptors (Lipinski definition) is 2. The summed E-state index contributed by atoms with van der Waals surface area (Å²) in [5, 5.41) is 0.966. The Morgan fingerprint density at radius 1 is 1.35 bits per heavy atom. The average Bonchev–Trinajstić information content (AvgIpc) is 2.76. The van der Waals surface area contributed by atoms with Gasteiger partial charge in [-0.3, -0.25) is 4.79 Å². The second-order valence-electron chi connectivity index (χ2n) is 4.15. The van der Waals surface area contributed by atoms with Crippen LogP contribution in [-0.2, 0) is 0 Å². The molecule has 2 aromatic rings. The van der Waals surface area contributed by atoms with Crippen molar-refractivity contribution in [3.8, 4) is 0 Å². The summed E-state index contributed by atoms with van der Waals surface area (Å²) >= 11 is 3.43. The number of hydrogen-bond donors (Lipinski definition) is 0. The van der Waals surface area contributed by atoms with Crippen LogP contribution >= 0.6 is 15.9 Å². The summed E-state index contributed by atoms with van der Waals surface area (Å²) < 4.78 is 6.54. The zero-order valence-corrected chi connectivity index (χ0v) is 11.6. The molecule has 0 saturated heterocycles. The van der Waals surface area contributed by atoms with Crippen LogP contribution in [0.2, 0.25) is 0 Å². The largest absolute Gasteiger partial charge is 0.452 e. The molecule has 1 aromatic carbocycles. The molecule has 1 aromatic heterocycles. The van der Waals surface area contributed by atoms with E-state index in [1.165, 1.54) is 0 Å². The van der Waals surface area contributed by atoms with Crippen LogP contribution in [0.15, 0.2) is 33.2 Å². The molecular formula is C14H15BrO2. The molecule has 0 N–H and O–H groups in total. The molecule has 0 atom stereocenters. The van der Waals surface area contributed by atoms with Gasteiger partial charge < -0.3 is 4.42 Å². The SMILES string of the molecule is CCC(CC)C(=O)c1cc2cccc(Br)c2o1. The molecular weight excluding hydrogens is 280 g/mol. The number of rotatable bonds is 4. The van der Waals surface area contributed by atoms with Gasteiger partial charge in [0.2, 0.25) is 5.78 Å². The highest BCUT2D eigenvalue weighted by Crippen LogP contribution is 2.28. The smallest absolute Gasteiger partial charge is 0.201 e. The van der Waals surface area contributed by atoms with E-state index in [0.717, 1.165) is 28.3 Å². The van der Waals surface area contributed by atoms with Gasteiger partial charge in [0.1, 0.15) is 5.58 Å². The lowest BCUT2D eigenvalue weighted by Gasteiger charge is -2.07. The third kappa shape index (κ3) is 2.29.